The molecule has 0 radical (unpaired) electrons. The molecule has 8 aliphatic rings. The van der Waals surface area contributed by atoms with E-state index in [0.29, 0.717) is 18.4 Å². The minimum Gasteiger partial charge on any atom is -0.458 e. The summed E-state index contributed by atoms with van der Waals surface area (Å²) in [4.78, 5) is 15.7. The van der Waals surface area contributed by atoms with Gasteiger partial charge in [0.25, 0.3) is 0 Å². The molecule has 15 heteroatoms. The fourth-order valence-electron chi connectivity index (χ4n) is 12.8. The average Bonchev–Trinajstić information content (AvgIpc) is 3.70. The van der Waals surface area contributed by atoms with Gasteiger partial charge in [-0.15, -0.1) is 0 Å². The Balaban J connectivity index is 0.00000160. The van der Waals surface area contributed by atoms with E-state index in [1.807, 2.05) is 6.92 Å². The van der Waals surface area contributed by atoms with Crippen LogP contribution >= 0.6 is 0 Å². The highest BCUT2D eigenvalue weighted by atomic mass is 16.7. The van der Waals surface area contributed by atoms with Gasteiger partial charge < -0.3 is 63.5 Å². The van der Waals surface area contributed by atoms with E-state index >= 15 is 0 Å². The third kappa shape index (κ3) is 8.25. The van der Waals surface area contributed by atoms with Crippen LogP contribution in [0.3, 0.4) is 0 Å². The maximum atomic E-state index is 12.6. The molecule has 8 rings (SSSR count). The molecule has 0 aromatic heterocycles. The van der Waals surface area contributed by atoms with E-state index in [-0.39, 0.29) is 54.0 Å². The van der Waals surface area contributed by atoms with E-state index in [1.54, 1.807) is 19.9 Å². The van der Waals surface area contributed by atoms with Crippen LogP contribution in [-0.4, -0.2) is 131 Å². The summed E-state index contributed by atoms with van der Waals surface area (Å²) in [7, 11) is 1.40. The number of nitrogens with two attached hydrogens (primary N) is 1. The smallest absolute Gasteiger partial charge is 0.331 e. The lowest BCUT2D eigenvalue weighted by Gasteiger charge is -2.64. The molecule has 7 fully saturated rings. The molecule has 4 heterocycles. The summed E-state index contributed by atoms with van der Waals surface area (Å²) in [6, 6.07) is 0. The van der Waals surface area contributed by atoms with Gasteiger partial charge in [0.05, 0.1) is 55.4 Å². The lowest BCUT2D eigenvalue weighted by atomic mass is 9.43. The summed E-state index contributed by atoms with van der Waals surface area (Å²) < 4.78 is 42.2. The first-order valence-corrected chi connectivity index (χ1v) is 21.5. The van der Waals surface area contributed by atoms with Crippen molar-refractivity contribution in [3.05, 3.63) is 11.6 Å². The van der Waals surface area contributed by atoms with Crippen molar-refractivity contribution in [3.63, 3.8) is 0 Å². The topological polar surface area (TPSA) is 218 Å². The highest BCUT2D eigenvalue weighted by Gasteiger charge is 2.68. The standard InChI is InChI=1S/C41H64O13.CH5NO/c1-20-36(46)29(42)16-34(49-20)53-38-22(3)51-35(18-31(38)44)54-37-21(2)50-33(17-30(37)43)52-25-8-11-39(4)24(15-25)6-7-28-27(39)9-12-40(5)26(10-13-41(28,40)47)23-14-32(45)48-19-23;1-3-2/h14,20-22,24-31,33-38,42-44,46-47H,6-13,15-19H2,1-5H3;2H2,1H3/t20-,21-,22-,24-,25+,26-,27+,28-,29+,30+,31+,33+,34+,35+,36-,37-,38-,39+,40-,41+;/m1./s1. The molecule has 326 valence electrons. The summed E-state index contributed by atoms with van der Waals surface area (Å²) in [6.45, 7) is 10.4. The summed E-state index contributed by atoms with van der Waals surface area (Å²) in [6.07, 6.45) is 1.90. The summed E-state index contributed by atoms with van der Waals surface area (Å²) >= 11 is 0. The van der Waals surface area contributed by atoms with Crippen molar-refractivity contribution in [2.45, 2.75) is 197 Å². The molecule has 0 aromatic carbocycles. The van der Waals surface area contributed by atoms with Crippen molar-refractivity contribution in [2.24, 2.45) is 40.4 Å². The maximum Gasteiger partial charge on any atom is 0.331 e. The second-order valence-corrected chi connectivity index (χ2v) is 19.0. The fourth-order valence-corrected chi connectivity index (χ4v) is 12.8. The molecule has 0 unspecified atom stereocenters. The van der Waals surface area contributed by atoms with E-state index in [1.165, 1.54) is 7.11 Å². The number of rotatable bonds is 7. The number of aliphatic hydroxyl groups is 5. The molecule has 0 amide bonds. The molecule has 4 aliphatic carbocycles. The molecule has 57 heavy (non-hydrogen) atoms. The molecular formula is C42H69NO14. The van der Waals surface area contributed by atoms with Gasteiger partial charge >= 0.3 is 5.97 Å². The van der Waals surface area contributed by atoms with Crippen LogP contribution in [0.25, 0.3) is 0 Å². The molecule has 4 saturated carbocycles. The van der Waals surface area contributed by atoms with Gasteiger partial charge in [0.1, 0.15) is 24.9 Å². The normalized spacial score (nSPS) is 52.4. The number of esters is 1. The second kappa shape index (κ2) is 17.2. The molecule has 20 atom stereocenters. The third-order valence-corrected chi connectivity index (χ3v) is 15.9. The molecular weight excluding hydrogens is 742 g/mol. The summed E-state index contributed by atoms with van der Waals surface area (Å²) in [5.74, 6) is 5.48. The van der Waals surface area contributed by atoms with Gasteiger partial charge in [-0.1, -0.05) is 13.8 Å². The Morgan fingerprint density at radius 1 is 0.719 bits per heavy atom. The van der Waals surface area contributed by atoms with Crippen LogP contribution in [0.1, 0.15) is 112 Å². The monoisotopic (exact) mass is 811 g/mol. The number of cyclic esters (lactones) is 1. The lowest BCUT2D eigenvalue weighted by molar-refractivity contribution is -0.336. The molecule has 7 N–H and O–H groups in total. The van der Waals surface area contributed by atoms with Crippen molar-refractivity contribution in [3.8, 4) is 0 Å². The molecule has 4 aliphatic heterocycles. The lowest BCUT2D eigenvalue weighted by Crippen LogP contribution is -2.62. The zero-order valence-electron chi connectivity index (χ0n) is 34.6. The molecule has 3 saturated heterocycles. The van der Waals surface area contributed by atoms with Gasteiger partial charge in [-0.3, -0.25) is 0 Å². The number of carbonyl (C=O) groups excluding carboxylic acids is 1. The van der Waals surface area contributed by atoms with Crippen LogP contribution in [0.15, 0.2) is 11.6 Å². The quantitative estimate of drug-likeness (QED) is 0.124. The maximum absolute atomic E-state index is 12.6. The average molecular weight is 812 g/mol. The third-order valence-electron chi connectivity index (χ3n) is 15.9. The van der Waals surface area contributed by atoms with Crippen molar-refractivity contribution in [2.75, 3.05) is 13.7 Å². The van der Waals surface area contributed by atoms with E-state index < -0.39 is 79.4 Å². The highest BCUT2D eigenvalue weighted by Crippen LogP contribution is 2.70. The van der Waals surface area contributed by atoms with Crippen molar-refractivity contribution in [1.29, 1.82) is 0 Å². The first-order valence-electron chi connectivity index (χ1n) is 21.5. The zero-order valence-corrected chi connectivity index (χ0v) is 34.6. The summed E-state index contributed by atoms with van der Waals surface area (Å²) in [5, 5.41) is 55.0. The minimum absolute atomic E-state index is 0.0243. The number of carbonyl (C=O) groups is 1. The van der Waals surface area contributed by atoms with E-state index in [2.05, 4.69) is 24.6 Å². The van der Waals surface area contributed by atoms with Crippen LogP contribution in [-0.2, 0) is 42.8 Å². The molecule has 15 nitrogen and oxygen atoms in total. The van der Waals surface area contributed by atoms with Gasteiger partial charge in [0.15, 0.2) is 18.9 Å². The highest BCUT2D eigenvalue weighted by molar-refractivity contribution is 5.85. The number of fused-ring (bicyclic) bond motifs is 5. The predicted octanol–water partition coefficient (Wildman–Crippen LogP) is 2.75. The van der Waals surface area contributed by atoms with Crippen LogP contribution in [0.5, 0.6) is 0 Å². The van der Waals surface area contributed by atoms with Crippen LogP contribution in [0.4, 0.5) is 0 Å². The molecule has 0 spiro atoms. The largest absolute Gasteiger partial charge is 0.458 e. The summed E-state index contributed by atoms with van der Waals surface area (Å²) in [5.41, 5.74) is 0.215. The van der Waals surface area contributed by atoms with Crippen LogP contribution in [0.2, 0.25) is 0 Å². The van der Waals surface area contributed by atoms with Gasteiger partial charge in [-0.2, -0.15) is 0 Å². The van der Waals surface area contributed by atoms with Crippen molar-refractivity contribution in [1.82, 2.24) is 0 Å². The number of ether oxygens (including phenoxy) is 7. The second-order valence-electron chi connectivity index (χ2n) is 19.0. The molecule has 0 aromatic rings. The van der Waals surface area contributed by atoms with Gasteiger partial charge in [0, 0.05) is 30.8 Å². The first-order chi connectivity index (χ1) is 27.0. The minimum atomic E-state index is -0.996. The predicted molar refractivity (Wildman–Crippen MR) is 202 cm³/mol. The Morgan fingerprint density at radius 2 is 1.30 bits per heavy atom. The Morgan fingerprint density at radius 3 is 1.86 bits per heavy atom. The van der Waals surface area contributed by atoms with Gasteiger partial charge in [0.2, 0.25) is 0 Å². The fraction of sp³-hybridized carbons (Fsp3) is 0.929. The number of aliphatic hydroxyl groups excluding tert-OH is 4. The van der Waals surface area contributed by atoms with Gasteiger partial charge in [-0.05, 0) is 113 Å². The number of hydrogen-bond acceptors (Lipinski definition) is 15. The van der Waals surface area contributed by atoms with E-state index in [0.717, 1.165) is 63.4 Å². The Hall–Kier alpha value is -1.31. The van der Waals surface area contributed by atoms with Crippen LogP contribution in [0, 0.1) is 34.5 Å². The van der Waals surface area contributed by atoms with Crippen molar-refractivity contribution < 1.29 is 68.3 Å². The SMILES string of the molecule is CON.C[C@H]1O[C@@H](O[C@H]2[C@@H](O)C[C@H](O[C@H]3[C@@H](O)C[C@H](O[C@H]4CC[C@@]5(C)[C@H](CC[C@@H]6[C@@H]5CC[C@]5(C)[C@@H](C7=CC(=O)OC7)CC[C@]65O)C4)O[C@@H]3C)O[C@@H]2C)C[C@H](O)[C@@H]1O. The van der Waals surface area contributed by atoms with E-state index in [4.69, 9.17) is 33.2 Å². The Labute approximate surface area is 336 Å². The first kappa shape index (κ1) is 43.8. The molecule has 0 bridgehead atoms. The van der Waals surface area contributed by atoms with E-state index in [9.17, 15) is 30.3 Å². The van der Waals surface area contributed by atoms with Gasteiger partial charge in [-0.25, -0.2) is 10.7 Å². The Kier molecular flexibility index (Phi) is 13.2. The Bertz CT molecular complexity index is 1400. The zero-order chi connectivity index (χ0) is 41.0. The van der Waals surface area contributed by atoms with Crippen LogP contribution < -0.4 is 5.90 Å². The number of hydrogen-bond donors (Lipinski definition) is 6. The van der Waals surface area contributed by atoms with Crippen molar-refractivity contribution >= 4 is 5.97 Å².